The third kappa shape index (κ3) is 2.34. The highest BCUT2D eigenvalue weighted by Gasteiger charge is 2.16. The highest BCUT2D eigenvalue weighted by molar-refractivity contribution is 9.10. The summed E-state index contributed by atoms with van der Waals surface area (Å²) in [6.07, 6.45) is 4.74. The number of rotatable bonds is 2. The van der Waals surface area contributed by atoms with Gasteiger partial charge in [-0.2, -0.15) is 0 Å². The molecular formula is C12H10BrFO. The Balaban J connectivity index is 2.32. The van der Waals surface area contributed by atoms with Crippen molar-refractivity contribution in [2.75, 3.05) is 0 Å². The van der Waals surface area contributed by atoms with Crippen molar-refractivity contribution in [2.24, 2.45) is 0 Å². The van der Waals surface area contributed by atoms with E-state index in [1.54, 1.807) is 6.07 Å². The number of benzene rings is 1. The summed E-state index contributed by atoms with van der Waals surface area (Å²) in [6.45, 7) is 0. The van der Waals surface area contributed by atoms with Gasteiger partial charge in [-0.1, -0.05) is 22.0 Å². The molecule has 0 N–H and O–H groups in total. The number of hydrogen-bond acceptors (Lipinski definition) is 1. The van der Waals surface area contributed by atoms with Gasteiger partial charge in [-0.25, -0.2) is 4.39 Å². The minimum absolute atomic E-state index is 0.0484. The lowest BCUT2D eigenvalue weighted by Gasteiger charge is -2.02. The third-order valence-electron chi connectivity index (χ3n) is 2.46. The highest BCUT2D eigenvalue weighted by Crippen LogP contribution is 2.23. The molecule has 0 amide bonds. The number of ketones is 1. The van der Waals surface area contributed by atoms with Crippen LogP contribution in [0.2, 0.25) is 0 Å². The summed E-state index contributed by atoms with van der Waals surface area (Å²) in [7, 11) is 0. The second-order valence-electron chi connectivity index (χ2n) is 3.61. The maximum absolute atomic E-state index is 13.1. The zero-order chi connectivity index (χ0) is 10.8. The molecule has 0 saturated heterocycles. The van der Waals surface area contributed by atoms with Gasteiger partial charge >= 0.3 is 0 Å². The van der Waals surface area contributed by atoms with Crippen LogP contribution in [0.3, 0.4) is 0 Å². The van der Waals surface area contributed by atoms with Crippen LogP contribution in [0.25, 0.3) is 0 Å². The molecule has 1 aliphatic carbocycles. The first-order chi connectivity index (χ1) is 7.16. The van der Waals surface area contributed by atoms with E-state index in [4.69, 9.17) is 0 Å². The SMILES string of the molecule is O=C(C1=CCCC1)c1cc(F)cc(Br)c1. The summed E-state index contributed by atoms with van der Waals surface area (Å²) < 4.78 is 13.7. The lowest BCUT2D eigenvalue weighted by atomic mass is 10.0. The van der Waals surface area contributed by atoms with Crippen molar-refractivity contribution in [2.45, 2.75) is 19.3 Å². The van der Waals surface area contributed by atoms with E-state index < -0.39 is 0 Å². The minimum Gasteiger partial charge on any atom is -0.289 e. The van der Waals surface area contributed by atoms with Crippen molar-refractivity contribution in [3.63, 3.8) is 0 Å². The fourth-order valence-electron chi connectivity index (χ4n) is 1.75. The molecule has 0 atom stereocenters. The Morgan fingerprint density at radius 2 is 2.13 bits per heavy atom. The fourth-order valence-corrected chi connectivity index (χ4v) is 2.21. The van der Waals surface area contributed by atoms with Gasteiger partial charge in [0.2, 0.25) is 0 Å². The molecule has 0 fully saturated rings. The van der Waals surface area contributed by atoms with Crippen molar-refractivity contribution in [3.05, 3.63) is 45.7 Å². The van der Waals surface area contributed by atoms with Gasteiger partial charge in [-0.15, -0.1) is 0 Å². The Morgan fingerprint density at radius 3 is 2.73 bits per heavy atom. The molecule has 0 spiro atoms. The van der Waals surface area contributed by atoms with Crippen molar-refractivity contribution < 1.29 is 9.18 Å². The molecule has 1 aromatic carbocycles. The van der Waals surface area contributed by atoms with Crippen molar-refractivity contribution in [1.82, 2.24) is 0 Å². The van der Waals surface area contributed by atoms with Gasteiger partial charge in [-0.3, -0.25) is 4.79 Å². The van der Waals surface area contributed by atoms with Crippen LogP contribution in [-0.2, 0) is 0 Å². The van der Waals surface area contributed by atoms with Gasteiger partial charge in [-0.05, 0) is 43.0 Å². The second kappa shape index (κ2) is 4.27. The predicted molar refractivity (Wildman–Crippen MR) is 60.4 cm³/mol. The molecule has 15 heavy (non-hydrogen) atoms. The first kappa shape index (κ1) is 10.6. The summed E-state index contributed by atoms with van der Waals surface area (Å²) in [4.78, 5) is 11.9. The Kier molecular flexibility index (Phi) is 3.00. The number of carbonyl (C=O) groups is 1. The second-order valence-corrected chi connectivity index (χ2v) is 4.52. The molecule has 1 aromatic rings. The normalized spacial score (nSPS) is 15.2. The van der Waals surface area contributed by atoms with E-state index in [2.05, 4.69) is 15.9 Å². The maximum atomic E-state index is 13.1. The molecule has 0 radical (unpaired) electrons. The lowest BCUT2D eigenvalue weighted by Crippen LogP contribution is -2.02. The van der Waals surface area contributed by atoms with Crippen LogP contribution >= 0.6 is 15.9 Å². The average Bonchev–Trinajstić information content (AvgIpc) is 2.67. The van der Waals surface area contributed by atoms with Gasteiger partial charge in [0.15, 0.2) is 5.78 Å². The molecule has 0 heterocycles. The molecule has 0 bridgehead atoms. The molecule has 3 heteroatoms. The van der Waals surface area contributed by atoms with E-state index in [-0.39, 0.29) is 11.6 Å². The van der Waals surface area contributed by atoms with E-state index in [1.165, 1.54) is 12.1 Å². The Morgan fingerprint density at radius 1 is 1.33 bits per heavy atom. The molecule has 0 aromatic heterocycles. The molecule has 0 saturated carbocycles. The van der Waals surface area contributed by atoms with E-state index in [9.17, 15) is 9.18 Å². The predicted octanol–water partition coefficient (Wildman–Crippen LogP) is 3.88. The summed E-state index contributed by atoms with van der Waals surface area (Å²) in [6, 6.07) is 4.29. The first-order valence-electron chi connectivity index (χ1n) is 4.86. The van der Waals surface area contributed by atoms with Gasteiger partial charge in [0.1, 0.15) is 5.82 Å². The molecule has 1 aliphatic rings. The average molecular weight is 269 g/mol. The smallest absolute Gasteiger partial charge is 0.188 e. The fraction of sp³-hybridized carbons (Fsp3) is 0.250. The summed E-state index contributed by atoms with van der Waals surface area (Å²) in [5.41, 5.74) is 1.24. The molecule has 1 nitrogen and oxygen atoms in total. The van der Waals surface area contributed by atoms with Crippen LogP contribution in [0.4, 0.5) is 4.39 Å². The number of allylic oxidation sites excluding steroid dienone is 2. The molecule has 0 aliphatic heterocycles. The van der Waals surface area contributed by atoms with E-state index >= 15 is 0 Å². The largest absolute Gasteiger partial charge is 0.289 e. The first-order valence-corrected chi connectivity index (χ1v) is 5.66. The van der Waals surface area contributed by atoms with Crippen molar-refractivity contribution in [3.8, 4) is 0 Å². The zero-order valence-corrected chi connectivity index (χ0v) is 9.68. The van der Waals surface area contributed by atoms with Gasteiger partial charge in [0, 0.05) is 10.0 Å². The lowest BCUT2D eigenvalue weighted by molar-refractivity contribution is 0.103. The molecular weight excluding hydrogens is 259 g/mol. The minimum atomic E-state index is -0.383. The molecule has 2 rings (SSSR count). The highest BCUT2D eigenvalue weighted by atomic mass is 79.9. The zero-order valence-electron chi connectivity index (χ0n) is 8.09. The van der Waals surface area contributed by atoms with Gasteiger partial charge in [0.05, 0.1) is 0 Å². The quantitative estimate of drug-likeness (QED) is 0.744. The topological polar surface area (TPSA) is 17.1 Å². The van der Waals surface area contributed by atoms with Crippen LogP contribution < -0.4 is 0 Å². The molecule has 0 unspecified atom stereocenters. The Hall–Kier alpha value is -0.960. The van der Waals surface area contributed by atoms with E-state index in [1.807, 2.05) is 6.08 Å². The van der Waals surface area contributed by atoms with E-state index in [0.29, 0.717) is 10.0 Å². The van der Waals surface area contributed by atoms with Gasteiger partial charge < -0.3 is 0 Å². The number of carbonyl (C=O) groups excluding carboxylic acids is 1. The number of halogens is 2. The van der Waals surface area contributed by atoms with Crippen molar-refractivity contribution in [1.29, 1.82) is 0 Å². The standard InChI is InChI=1S/C12H10BrFO/c13-10-5-9(6-11(14)7-10)12(15)8-3-1-2-4-8/h3,5-7H,1-2,4H2. The summed E-state index contributed by atoms with van der Waals surface area (Å²) in [5, 5.41) is 0. The van der Waals surface area contributed by atoms with Crippen LogP contribution in [-0.4, -0.2) is 5.78 Å². The summed E-state index contributed by atoms with van der Waals surface area (Å²) in [5.74, 6) is -0.431. The summed E-state index contributed by atoms with van der Waals surface area (Å²) >= 11 is 3.18. The van der Waals surface area contributed by atoms with Crippen LogP contribution in [0.1, 0.15) is 29.6 Å². The van der Waals surface area contributed by atoms with Gasteiger partial charge in [0.25, 0.3) is 0 Å². The third-order valence-corrected chi connectivity index (χ3v) is 2.92. The monoisotopic (exact) mass is 268 g/mol. The number of hydrogen-bond donors (Lipinski definition) is 0. The van der Waals surface area contributed by atoms with Crippen LogP contribution in [0.15, 0.2) is 34.3 Å². The Labute approximate surface area is 96.1 Å². The van der Waals surface area contributed by atoms with Crippen LogP contribution in [0.5, 0.6) is 0 Å². The van der Waals surface area contributed by atoms with Crippen LogP contribution in [0, 0.1) is 5.82 Å². The maximum Gasteiger partial charge on any atom is 0.188 e. The number of Topliss-reactive ketones (excluding diaryl/α,β-unsaturated/α-hetero) is 1. The molecule has 78 valence electrons. The Bertz CT molecular complexity index is 417. The van der Waals surface area contributed by atoms with E-state index in [0.717, 1.165) is 24.8 Å². The van der Waals surface area contributed by atoms with Crippen molar-refractivity contribution >= 4 is 21.7 Å².